The minimum Gasteiger partial charge on any atom is -0.489 e. The van der Waals surface area contributed by atoms with Gasteiger partial charge in [0.05, 0.1) is 12.6 Å². The number of amides is 1. The van der Waals surface area contributed by atoms with E-state index in [1.165, 1.54) is 13.2 Å². The van der Waals surface area contributed by atoms with E-state index >= 15 is 0 Å². The lowest BCUT2D eigenvalue weighted by Crippen LogP contribution is -2.56. The summed E-state index contributed by atoms with van der Waals surface area (Å²) in [5.41, 5.74) is -0.536. The Hall–Kier alpha value is -3.13. The molecule has 0 spiro atoms. The number of carboxylic acids is 1. The van der Waals surface area contributed by atoms with Gasteiger partial charge >= 0.3 is 12.1 Å². The predicted molar refractivity (Wildman–Crippen MR) is 101 cm³/mol. The van der Waals surface area contributed by atoms with E-state index in [1.54, 1.807) is 42.5 Å². The summed E-state index contributed by atoms with van der Waals surface area (Å²) in [6.07, 6.45) is -0.803. The molecule has 0 radical (unpaired) electrons. The molecule has 1 fully saturated rings. The van der Waals surface area contributed by atoms with Crippen LogP contribution in [0.15, 0.2) is 48.5 Å². The van der Waals surface area contributed by atoms with Gasteiger partial charge in [0, 0.05) is 12.7 Å². The first kappa shape index (κ1) is 20.6. The predicted octanol–water partition coefficient (Wildman–Crippen LogP) is 3.69. The van der Waals surface area contributed by atoms with Crippen molar-refractivity contribution in [1.29, 1.82) is 0 Å². The minimum absolute atomic E-state index is 0.0622. The number of ether oxygens (including phenoxy) is 2. The van der Waals surface area contributed by atoms with E-state index in [-0.39, 0.29) is 25.5 Å². The number of rotatable bonds is 7. The van der Waals surface area contributed by atoms with Gasteiger partial charge in [0.1, 0.15) is 18.2 Å². The zero-order chi connectivity index (χ0) is 21.0. The van der Waals surface area contributed by atoms with E-state index in [0.717, 1.165) is 4.90 Å². The summed E-state index contributed by atoms with van der Waals surface area (Å²) in [6.45, 7) is -0.165. The van der Waals surface area contributed by atoms with Crippen LogP contribution in [0.5, 0.6) is 5.75 Å². The first-order chi connectivity index (χ1) is 13.9. The lowest BCUT2D eigenvalue weighted by atomic mass is 9.98. The van der Waals surface area contributed by atoms with E-state index < -0.39 is 23.6 Å². The molecule has 1 aliphatic heterocycles. The molecule has 2 aromatic rings. The second-order valence-corrected chi connectivity index (χ2v) is 6.93. The lowest BCUT2D eigenvalue weighted by molar-refractivity contribution is -0.152. The fourth-order valence-electron chi connectivity index (χ4n) is 3.77. The number of benzene rings is 2. The molecule has 2 N–H and O–H groups in total. The highest BCUT2D eigenvalue weighted by Crippen LogP contribution is 2.43. The van der Waals surface area contributed by atoms with Crippen LogP contribution in [0.1, 0.15) is 30.0 Å². The molecular formula is C21H22FNO6. The normalized spacial score (nSPS) is 21.2. The van der Waals surface area contributed by atoms with Crippen LogP contribution in [-0.2, 0) is 16.1 Å². The molecule has 0 saturated carbocycles. The van der Waals surface area contributed by atoms with Gasteiger partial charge in [-0.2, -0.15) is 0 Å². The summed E-state index contributed by atoms with van der Waals surface area (Å²) in [4.78, 5) is 24.7. The van der Waals surface area contributed by atoms with Crippen LogP contribution in [0, 0.1) is 5.82 Å². The number of carbonyl (C=O) groups is 2. The fraction of sp³-hybridized carbons (Fsp3) is 0.333. The minimum atomic E-state index is -1.62. The molecule has 0 aromatic heterocycles. The number of hydrogen-bond acceptors (Lipinski definition) is 4. The quantitative estimate of drug-likeness (QED) is 0.732. The van der Waals surface area contributed by atoms with Crippen molar-refractivity contribution in [3.63, 3.8) is 0 Å². The summed E-state index contributed by atoms with van der Waals surface area (Å²) in [7, 11) is 1.35. The number of hydrogen-bond donors (Lipinski definition) is 2. The fourth-order valence-corrected chi connectivity index (χ4v) is 3.77. The number of likely N-dealkylation sites (tertiary alicyclic amines) is 1. The maximum Gasteiger partial charge on any atom is 0.408 e. The topological polar surface area (TPSA) is 96.3 Å². The van der Waals surface area contributed by atoms with E-state index in [4.69, 9.17) is 9.47 Å². The highest BCUT2D eigenvalue weighted by atomic mass is 19.1. The van der Waals surface area contributed by atoms with Crippen LogP contribution in [0.3, 0.4) is 0 Å². The molecular weight excluding hydrogens is 381 g/mol. The molecule has 1 amide bonds. The molecule has 1 saturated heterocycles. The van der Waals surface area contributed by atoms with Crippen molar-refractivity contribution in [1.82, 2.24) is 4.90 Å². The van der Waals surface area contributed by atoms with Gasteiger partial charge < -0.3 is 19.7 Å². The first-order valence-electron chi connectivity index (χ1n) is 9.10. The Labute approximate surface area is 167 Å². The van der Waals surface area contributed by atoms with Gasteiger partial charge in [-0.3, -0.25) is 4.90 Å². The third kappa shape index (κ3) is 4.02. The molecule has 0 bridgehead atoms. The van der Waals surface area contributed by atoms with Crippen molar-refractivity contribution in [2.24, 2.45) is 0 Å². The first-order valence-corrected chi connectivity index (χ1v) is 9.10. The van der Waals surface area contributed by atoms with E-state index in [9.17, 15) is 24.2 Å². The summed E-state index contributed by atoms with van der Waals surface area (Å²) in [5.74, 6) is -1.08. The van der Waals surface area contributed by atoms with Gasteiger partial charge in [0.15, 0.2) is 5.54 Å². The standard InChI is InChI=1S/C21H22FNO6/c1-28-13-21(19(24)25)11-10-18(23(21)20(26)27)14-6-8-16(9-7-14)29-12-15-4-2-3-5-17(15)22/h2-9,18H,10-13H2,1H3,(H,24,25)(H,26,27). The number of nitrogens with zero attached hydrogens (tertiary/aromatic N) is 1. The summed E-state index contributed by atoms with van der Waals surface area (Å²) >= 11 is 0. The van der Waals surface area contributed by atoms with Crippen molar-refractivity contribution < 1.29 is 33.7 Å². The van der Waals surface area contributed by atoms with E-state index in [2.05, 4.69) is 0 Å². The largest absolute Gasteiger partial charge is 0.489 e. The molecule has 2 aromatic carbocycles. The molecule has 8 heteroatoms. The Bertz CT molecular complexity index is 887. The summed E-state index contributed by atoms with van der Waals surface area (Å²) in [5, 5.41) is 19.4. The van der Waals surface area contributed by atoms with Gasteiger partial charge in [-0.05, 0) is 36.6 Å². The highest BCUT2D eigenvalue weighted by Gasteiger charge is 2.55. The molecule has 29 heavy (non-hydrogen) atoms. The van der Waals surface area contributed by atoms with Crippen LogP contribution in [0.2, 0.25) is 0 Å². The molecule has 0 aliphatic carbocycles. The van der Waals surface area contributed by atoms with Crippen molar-refractivity contribution in [2.75, 3.05) is 13.7 Å². The Morgan fingerprint density at radius 1 is 1.17 bits per heavy atom. The second-order valence-electron chi connectivity index (χ2n) is 6.93. The monoisotopic (exact) mass is 403 g/mol. The van der Waals surface area contributed by atoms with Crippen LogP contribution in [0.4, 0.5) is 9.18 Å². The zero-order valence-corrected chi connectivity index (χ0v) is 15.9. The van der Waals surface area contributed by atoms with Crippen LogP contribution in [-0.4, -0.2) is 46.4 Å². The number of carboxylic acid groups (broad SMARTS) is 2. The van der Waals surface area contributed by atoms with Crippen molar-refractivity contribution in [2.45, 2.75) is 31.0 Å². The molecule has 2 atom stereocenters. The zero-order valence-electron chi connectivity index (χ0n) is 15.9. The number of methoxy groups -OCH3 is 1. The Morgan fingerprint density at radius 3 is 2.45 bits per heavy atom. The molecule has 1 heterocycles. The maximum absolute atomic E-state index is 13.7. The summed E-state index contributed by atoms with van der Waals surface area (Å²) in [6, 6.07) is 12.4. The van der Waals surface area contributed by atoms with Gasteiger partial charge in [0.2, 0.25) is 0 Å². The van der Waals surface area contributed by atoms with Gasteiger partial charge in [-0.25, -0.2) is 14.0 Å². The van der Waals surface area contributed by atoms with Gasteiger partial charge in [-0.15, -0.1) is 0 Å². The number of aliphatic carboxylic acids is 1. The summed E-state index contributed by atoms with van der Waals surface area (Å²) < 4.78 is 24.3. The van der Waals surface area contributed by atoms with Crippen LogP contribution < -0.4 is 4.74 Å². The second kappa shape index (κ2) is 8.48. The van der Waals surface area contributed by atoms with E-state index in [1.807, 2.05) is 0 Å². The molecule has 3 rings (SSSR count). The van der Waals surface area contributed by atoms with Gasteiger partial charge in [-0.1, -0.05) is 30.3 Å². The van der Waals surface area contributed by atoms with E-state index in [0.29, 0.717) is 23.3 Å². The maximum atomic E-state index is 13.7. The van der Waals surface area contributed by atoms with Crippen molar-refractivity contribution >= 4 is 12.1 Å². The Kier molecular flexibility index (Phi) is 6.03. The third-order valence-electron chi connectivity index (χ3n) is 5.21. The SMILES string of the molecule is COCC1(C(=O)O)CCC(c2ccc(OCc3ccccc3F)cc2)N1C(=O)O. The van der Waals surface area contributed by atoms with Crippen LogP contribution in [0.25, 0.3) is 0 Å². The molecule has 7 nitrogen and oxygen atoms in total. The Balaban J connectivity index is 1.77. The lowest BCUT2D eigenvalue weighted by Gasteiger charge is -2.35. The molecule has 154 valence electrons. The average molecular weight is 403 g/mol. The Morgan fingerprint density at radius 2 is 1.86 bits per heavy atom. The smallest absolute Gasteiger partial charge is 0.408 e. The van der Waals surface area contributed by atoms with Gasteiger partial charge in [0.25, 0.3) is 0 Å². The van der Waals surface area contributed by atoms with Crippen LogP contribution >= 0.6 is 0 Å². The van der Waals surface area contributed by atoms with Crippen molar-refractivity contribution in [3.05, 3.63) is 65.5 Å². The number of halogens is 1. The molecule has 2 unspecified atom stereocenters. The van der Waals surface area contributed by atoms with Crippen molar-refractivity contribution in [3.8, 4) is 5.75 Å². The highest BCUT2D eigenvalue weighted by molar-refractivity contribution is 5.85. The average Bonchev–Trinajstić information content (AvgIpc) is 3.09. The molecule has 1 aliphatic rings. The third-order valence-corrected chi connectivity index (χ3v) is 5.21.